The minimum Gasteiger partial charge on any atom is -0.482 e. The van der Waals surface area contributed by atoms with Crippen LogP contribution in [0.5, 0.6) is 5.75 Å². The molecule has 0 fully saturated rings. The maximum atomic E-state index is 11.5. The van der Waals surface area contributed by atoms with Gasteiger partial charge in [-0.25, -0.2) is 0 Å². The van der Waals surface area contributed by atoms with Crippen molar-refractivity contribution >= 4 is 23.4 Å². The van der Waals surface area contributed by atoms with Crippen LogP contribution in [-0.2, 0) is 9.59 Å². The summed E-state index contributed by atoms with van der Waals surface area (Å²) in [6.45, 7) is 5.52. The van der Waals surface area contributed by atoms with E-state index in [4.69, 9.17) is 16.3 Å². The summed E-state index contributed by atoms with van der Waals surface area (Å²) >= 11 is 5.94. The number of halogens is 1. The summed E-state index contributed by atoms with van der Waals surface area (Å²) < 4.78 is 5.30. The number of hydrazine groups is 1. The van der Waals surface area contributed by atoms with E-state index in [2.05, 4.69) is 10.9 Å². The Morgan fingerprint density at radius 2 is 1.90 bits per heavy atom. The van der Waals surface area contributed by atoms with Gasteiger partial charge in [0.1, 0.15) is 5.75 Å². The van der Waals surface area contributed by atoms with Gasteiger partial charge in [-0.1, -0.05) is 31.5 Å². The fraction of sp³-hybridized carbons (Fsp3) is 0.429. The van der Waals surface area contributed by atoms with E-state index in [0.29, 0.717) is 17.2 Å². The molecule has 1 rings (SSSR count). The Kier molecular flexibility index (Phi) is 6.31. The summed E-state index contributed by atoms with van der Waals surface area (Å²) in [6.07, 6.45) is 0.352. The summed E-state index contributed by atoms with van der Waals surface area (Å²) in [6, 6.07) is 5.29. The van der Waals surface area contributed by atoms with Gasteiger partial charge in [0, 0.05) is 6.42 Å². The molecule has 0 saturated heterocycles. The van der Waals surface area contributed by atoms with Gasteiger partial charge in [0.15, 0.2) is 6.61 Å². The molecule has 1 aromatic rings. The van der Waals surface area contributed by atoms with E-state index in [1.807, 2.05) is 26.8 Å². The van der Waals surface area contributed by atoms with Crippen LogP contribution in [0.2, 0.25) is 5.02 Å². The van der Waals surface area contributed by atoms with Crippen molar-refractivity contribution in [2.45, 2.75) is 27.2 Å². The third-order valence-electron chi connectivity index (χ3n) is 2.38. The molecule has 6 heteroatoms. The monoisotopic (exact) mass is 298 g/mol. The molecule has 5 nitrogen and oxygen atoms in total. The average molecular weight is 299 g/mol. The summed E-state index contributed by atoms with van der Waals surface area (Å²) in [7, 11) is 0. The van der Waals surface area contributed by atoms with Crippen molar-refractivity contribution in [1.29, 1.82) is 0 Å². The molecule has 0 aliphatic carbocycles. The van der Waals surface area contributed by atoms with Gasteiger partial charge in [-0.3, -0.25) is 20.4 Å². The number of nitrogens with one attached hydrogen (secondary N) is 2. The lowest BCUT2D eigenvalue weighted by molar-refractivity contribution is -0.130. The normalized spacial score (nSPS) is 10.2. The lowest BCUT2D eigenvalue weighted by Crippen LogP contribution is -2.44. The second-order valence-corrected chi connectivity index (χ2v) is 5.32. The minimum atomic E-state index is -0.445. The van der Waals surface area contributed by atoms with E-state index in [-0.39, 0.29) is 18.4 Å². The lowest BCUT2D eigenvalue weighted by Gasteiger charge is -2.11. The standard InChI is InChI=1S/C14H19ClN2O3/c1-9(2)6-13(18)16-17-14(19)8-20-12-7-10(3)4-5-11(12)15/h4-5,7,9H,6,8H2,1-3H3,(H,16,18)(H,17,19). The average Bonchev–Trinajstić information content (AvgIpc) is 2.36. The van der Waals surface area contributed by atoms with Gasteiger partial charge < -0.3 is 4.74 Å². The van der Waals surface area contributed by atoms with Gasteiger partial charge >= 0.3 is 0 Å². The maximum absolute atomic E-state index is 11.5. The molecule has 1 aromatic carbocycles. The Bertz CT molecular complexity index is 489. The zero-order valence-electron chi connectivity index (χ0n) is 11.8. The number of carbonyl (C=O) groups is 2. The Morgan fingerprint density at radius 1 is 1.25 bits per heavy atom. The number of amides is 2. The molecule has 2 amide bonds. The van der Waals surface area contributed by atoms with E-state index in [1.54, 1.807) is 12.1 Å². The zero-order chi connectivity index (χ0) is 15.1. The SMILES string of the molecule is Cc1ccc(Cl)c(OCC(=O)NNC(=O)CC(C)C)c1. The molecule has 0 atom stereocenters. The van der Waals surface area contributed by atoms with E-state index < -0.39 is 5.91 Å². The number of rotatable bonds is 5. The van der Waals surface area contributed by atoms with Crippen molar-refractivity contribution < 1.29 is 14.3 Å². The molecule has 0 unspecified atom stereocenters. The number of carbonyl (C=O) groups excluding carboxylic acids is 2. The summed E-state index contributed by atoms with van der Waals surface area (Å²) in [5, 5.41) is 0.437. The van der Waals surface area contributed by atoms with Gasteiger partial charge in [0.2, 0.25) is 5.91 Å². The second-order valence-electron chi connectivity index (χ2n) is 4.92. The third kappa shape index (κ3) is 5.93. The van der Waals surface area contributed by atoms with Crippen LogP contribution in [0.25, 0.3) is 0 Å². The predicted molar refractivity (Wildman–Crippen MR) is 77.4 cm³/mol. The minimum absolute atomic E-state index is 0.217. The topological polar surface area (TPSA) is 67.4 Å². The van der Waals surface area contributed by atoms with E-state index in [9.17, 15) is 9.59 Å². The molecule has 0 bridgehead atoms. The zero-order valence-corrected chi connectivity index (χ0v) is 12.6. The van der Waals surface area contributed by atoms with Crippen LogP contribution in [0.1, 0.15) is 25.8 Å². The Labute approximate surface area is 123 Å². The highest BCUT2D eigenvalue weighted by Crippen LogP contribution is 2.24. The Morgan fingerprint density at radius 3 is 2.55 bits per heavy atom. The second kappa shape index (κ2) is 7.75. The van der Waals surface area contributed by atoms with E-state index >= 15 is 0 Å². The molecule has 0 radical (unpaired) electrons. The largest absolute Gasteiger partial charge is 0.482 e. The van der Waals surface area contributed by atoms with Crippen molar-refractivity contribution in [3.63, 3.8) is 0 Å². The molecule has 0 heterocycles. The number of benzene rings is 1. The number of aryl methyl sites for hydroxylation is 1. The molecular formula is C14H19ClN2O3. The van der Waals surface area contributed by atoms with Gasteiger partial charge in [-0.05, 0) is 30.5 Å². The fourth-order valence-electron chi connectivity index (χ4n) is 1.46. The summed E-state index contributed by atoms with van der Waals surface area (Å²) in [5.41, 5.74) is 5.59. The molecule has 0 aromatic heterocycles. The molecule has 0 aliphatic rings. The van der Waals surface area contributed by atoms with Crippen LogP contribution in [0, 0.1) is 12.8 Å². The van der Waals surface area contributed by atoms with Crippen LogP contribution in [0.4, 0.5) is 0 Å². The van der Waals surface area contributed by atoms with Crippen LogP contribution < -0.4 is 15.6 Å². The number of ether oxygens (including phenoxy) is 1. The van der Waals surface area contributed by atoms with Gasteiger partial charge in [0.05, 0.1) is 5.02 Å². The molecule has 2 N–H and O–H groups in total. The fourth-order valence-corrected chi connectivity index (χ4v) is 1.63. The molecular weight excluding hydrogens is 280 g/mol. The van der Waals surface area contributed by atoms with Crippen molar-refractivity contribution in [2.75, 3.05) is 6.61 Å². The van der Waals surface area contributed by atoms with Crippen LogP contribution in [0.15, 0.2) is 18.2 Å². The van der Waals surface area contributed by atoms with Gasteiger partial charge in [0.25, 0.3) is 5.91 Å². The van der Waals surface area contributed by atoms with Crippen LogP contribution in [-0.4, -0.2) is 18.4 Å². The molecule has 0 spiro atoms. The van der Waals surface area contributed by atoms with Crippen molar-refractivity contribution in [1.82, 2.24) is 10.9 Å². The third-order valence-corrected chi connectivity index (χ3v) is 2.69. The Hall–Kier alpha value is -1.75. The highest BCUT2D eigenvalue weighted by Gasteiger charge is 2.08. The highest BCUT2D eigenvalue weighted by molar-refractivity contribution is 6.32. The highest BCUT2D eigenvalue weighted by atomic mass is 35.5. The quantitative estimate of drug-likeness (QED) is 0.819. The first kappa shape index (κ1) is 16.3. The number of hydrogen-bond acceptors (Lipinski definition) is 3. The molecule has 0 aliphatic heterocycles. The van der Waals surface area contributed by atoms with E-state index in [0.717, 1.165) is 5.56 Å². The lowest BCUT2D eigenvalue weighted by atomic mass is 10.1. The Balaban J connectivity index is 2.36. The van der Waals surface area contributed by atoms with Crippen LogP contribution >= 0.6 is 11.6 Å². The first-order valence-electron chi connectivity index (χ1n) is 6.35. The molecule has 110 valence electrons. The summed E-state index contributed by atoms with van der Waals surface area (Å²) in [5.74, 6) is -0.00815. The van der Waals surface area contributed by atoms with Crippen molar-refractivity contribution in [2.24, 2.45) is 5.92 Å². The van der Waals surface area contributed by atoms with Crippen molar-refractivity contribution in [3.05, 3.63) is 28.8 Å². The molecule has 0 saturated carbocycles. The molecule has 20 heavy (non-hydrogen) atoms. The maximum Gasteiger partial charge on any atom is 0.276 e. The van der Waals surface area contributed by atoms with Crippen molar-refractivity contribution in [3.8, 4) is 5.75 Å². The summed E-state index contributed by atoms with van der Waals surface area (Å²) in [4.78, 5) is 22.9. The first-order valence-corrected chi connectivity index (χ1v) is 6.73. The predicted octanol–water partition coefficient (Wildman–Crippen LogP) is 2.22. The van der Waals surface area contributed by atoms with Crippen LogP contribution in [0.3, 0.4) is 0 Å². The van der Waals surface area contributed by atoms with Gasteiger partial charge in [-0.2, -0.15) is 0 Å². The van der Waals surface area contributed by atoms with Gasteiger partial charge in [-0.15, -0.1) is 0 Å². The van der Waals surface area contributed by atoms with E-state index in [1.165, 1.54) is 0 Å². The smallest absolute Gasteiger partial charge is 0.276 e. The first-order chi connectivity index (χ1) is 9.38. The number of hydrogen-bond donors (Lipinski definition) is 2.